The third-order valence-corrected chi connectivity index (χ3v) is 3.86. The second kappa shape index (κ2) is 6.29. The lowest BCUT2D eigenvalue weighted by atomic mass is 10.3. The Hall–Kier alpha value is -2.21. The minimum absolute atomic E-state index is 0.252. The molecule has 4 nitrogen and oxygen atoms in total. The molecule has 0 radical (unpaired) electrons. The minimum Gasteiger partial charge on any atom is -0.397 e. The Morgan fingerprint density at radius 3 is 2.65 bits per heavy atom. The third kappa shape index (κ3) is 3.64. The number of rotatable bonds is 4. The van der Waals surface area contributed by atoms with Crippen LogP contribution in [0.3, 0.4) is 0 Å². The zero-order chi connectivity index (χ0) is 14.5. The summed E-state index contributed by atoms with van der Waals surface area (Å²) in [5, 5.41) is 2.57. The molecule has 2 aromatic carbocycles. The van der Waals surface area contributed by atoms with Crippen molar-refractivity contribution in [2.75, 3.05) is 16.8 Å². The van der Waals surface area contributed by atoms with E-state index in [1.54, 1.807) is 24.3 Å². The molecular formula is C14H13FN2O2S. The topological polar surface area (TPSA) is 72.2 Å². The Bertz CT molecular complexity index is 661. The highest BCUT2D eigenvalue weighted by molar-refractivity contribution is 7.85. The Morgan fingerprint density at radius 2 is 1.95 bits per heavy atom. The smallest absolute Gasteiger partial charge is 0.237 e. The third-order valence-electron chi connectivity index (χ3n) is 2.56. The number of carbonyl (C=O) groups is 1. The van der Waals surface area contributed by atoms with Gasteiger partial charge in [0.1, 0.15) is 11.6 Å². The summed E-state index contributed by atoms with van der Waals surface area (Å²) in [4.78, 5) is 12.1. The summed E-state index contributed by atoms with van der Waals surface area (Å²) in [5.41, 5.74) is 6.59. The predicted molar refractivity (Wildman–Crippen MR) is 77.2 cm³/mol. The van der Waals surface area contributed by atoms with Gasteiger partial charge >= 0.3 is 0 Å². The molecule has 3 N–H and O–H groups in total. The van der Waals surface area contributed by atoms with Crippen molar-refractivity contribution in [3.63, 3.8) is 0 Å². The number of nitrogens with two attached hydrogens (primary N) is 1. The zero-order valence-corrected chi connectivity index (χ0v) is 11.3. The van der Waals surface area contributed by atoms with Crippen molar-refractivity contribution in [1.29, 1.82) is 0 Å². The molecule has 104 valence electrons. The summed E-state index contributed by atoms with van der Waals surface area (Å²) in [5.74, 6) is -1.17. The molecule has 1 unspecified atom stereocenters. The SMILES string of the molecule is Nc1ccccc1NC(=O)CS(=O)c1cccc(F)c1. The first-order valence-electron chi connectivity index (χ1n) is 5.84. The van der Waals surface area contributed by atoms with Crippen LogP contribution >= 0.6 is 0 Å². The Balaban J connectivity index is 2.02. The van der Waals surface area contributed by atoms with Crippen molar-refractivity contribution in [2.45, 2.75) is 4.90 Å². The maximum Gasteiger partial charge on any atom is 0.237 e. The minimum atomic E-state index is -1.60. The molecule has 0 aromatic heterocycles. The molecule has 0 aliphatic rings. The first-order valence-corrected chi connectivity index (χ1v) is 7.16. The van der Waals surface area contributed by atoms with E-state index in [4.69, 9.17) is 5.73 Å². The van der Waals surface area contributed by atoms with Crippen molar-refractivity contribution in [1.82, 2.24) is 0 Å². The molecule has 1 amide bonds. The van der Waals surface area contributed by atoms with E-state index in [2.05, 4.69) is 5.32 Å². The fourth-order valence-corrected chi connectivity index (χ4v) is 2.56. The zero-order valence-electron chi connectivity index (χ0n) is 10.5. The molecule has 6 heteroatoms. The number of hydrogen-bond donors (Lipinski definition) is 2. The summed E-state index contributed by atoms with van der Waals surface area (Å²) in [6, 6.07) is 12.2. The molecule has 0 saturated carbocycles. The molecule has 0 saturated heterocycles. The lowest BCUT2D eigenvalue weighted by Gasteiger charge is -2.07. The summed E-state index contributed by atoms with van der Waals surface area (Å²) < 4.78 is 24.9. The van der Waals surface area contributed by atoms with Gasteiger partial charge in [0.25, 0.3) is 0 Å². The highest BCUT2D eigenvalue weighted by Gasteiger charge is 2.12. The number of nitrogen functional groups attached to an aromatic ring is 1. The molecular weight excluding hydrogens is 279 g/mol. The molecule has 0 bridgehead atoms. The molecule has 2 rings (SSSR count). The van der Waals surface area contributed by atoms with Gasteiger partial charge in [0.15, 0.2) is 0 Å². The van der Waals surface area contributed by atoms with E-state index in [0.29, 0.717) is 11.4 Å². The Morgan fingerprint density at radius 1 is 1.20 bits per heavy atom. The first kappa shape index (κ1) is 14.2. The molecule has 0 fully saturated rings. The van der Waals surface area contributed by atoms with Crippen LogP contribution in [0.1, 0.15) is 0 Å². The van der Waals surface area contributed by atoms with E-state index in [1.807, 2.05) is 0 Å². The quantitative estimate of drug-likeness (QED) is 0.848. The highest BCUT2D eigenvalue weighted by atomic mass is 32.2. The van der Waals surface area contributed by atoms with Gasteiger partial charge in [0.05, 0.1) is 22.2 Å². The van der Waals surface area contributed by atoms with Gasteiger partial charge < -0.3 is 11.1 Å². The van der Waals surface area contributed by atoms with Gasteiger partial charge in [-0.2, -0.15) is 0 Å². The second-order valence-corrected chi connectivity index (χ2v) is 5.53. The monoisotopic (exact) mass is 292 g/mol. The lowest BCUT2D eigenvalue weighted by Crippen LogP contribution is -2.20. The molecule has 0 aliphatic heterocycles. The van der Waals surface area contributed by atoms with Crippen LogP contribution in [-0.2, 0) is 15.6 Å². The van der Waals surface area contributed by atoms with Crippen LogP contribution in [0, 0.1) is 5.82 Å². The fourth-order valence-electron chi connectivity index (χ4n) is 1.61. The number of benzene rings is 2. The number of carbonyl (C=O) groups excluding carboxylic acids is 1. The van der Waals surface area contributed by atoms with Crippen LogP contribution in [0.15, 0.2) is 53.4 Å². The van der Waals surface area contributed by atoms with Crippen molar-refractivity contribution in [2.24, 2.45) is 0 Å². The van der Waals surface area contributed by atoms with E-state index in [1.165, 1.54) is 18.2 Å². The number of para-hydroxylation sites is 2. The summed E-state index contributed by atoms with van der Waals surface area (Å²) in [6.07, 6.45) is 0. The van der Waals surface area contributed by atoms with E-state index < -0.39 is 22.5 Å². The Kier molecular flexibility index (Phi) is 4.47. The van der Waals surface area contributed by atoms with Gasteiger partial charge in [0.2, 0.25) is 5.91 Å². The van der Waals surface area contributed by atoms with Crippen molar-refractivity contribution >= 4 is 28.1 Å². The number of amides is 1. The second-order valence-electron chi connectivity index (χ2n) is 4.08. The summed E-state index contributed by atoms with van der Waals surface area (Å²) in [7, 11) is -1.60. The van der Waals surface area contributed by atoms with Crippen LogP contribution in [0.2, 0.25) is 0 Å². The largest absolute Gasteiger partial charge is 0.397 e. The van der Waals surface area contributed by atoms with Crippen LogP contribution in [-0.4, -0.2) is 15.9 Å². The van der Waals surface area contributed by atoms with E-state index in [0.717, 1.165) is 6.07 Å². The van der Waals surface area contributed by atoms with Crippen molar-refractivity contribution in [3.8, 4) is 0 Å². The normalized spacial score (nSPS) is 11.8. The molecule has 0 spiro atoms. The van der Waals surface area contributed by atoms with Crippen LogP contribution in [0.4, 0.5) is 15.8 Å². The van der Waals surface area contributed by atoms with E-state index >= 15 is 0 Å². The van der Waals surface area contributed by atoms with Gasteiger partial charge in [-0.15, -0.1) is 0 Å². The van der Waals surface area contributed by atoms with Crippen LogP contribution < -0.4 is 11.1 Å². The van der Waals surface area contributed by atoms with Crippen molar-refractivity contribution in [3.05, 3.63) is 54.3 Å². The highest BCUT2D eigenvalue weighted by Crippen LogP contribution is 2.17. The van der Waals surface area contributed by atoms with Gasteiger partial charge in [-0.25, -0.2) is 4.39 Å². The fraction of sp³-hybridized carbons (Fsp3) is 0.0714. The number of nitrogens with one attached hydrogen (secondary N) is 1. The molecule has 2 aromatic rings. The van der Waals surface area contributed by atoms with E-state index in [9.17, 15) is 13.4 Å². The number of anilines is 2. The average molecular weight is 292 g/mol. The maximum atomic E-state index is 13.0. The van der Waals surface area contributed by atoms with Gasteiger partial charge in [-0.3, -0.25) is 9.00 Å². The molecule has 0 heterocycles. The molecule has 1 atom stereocenters. The van der Waals surface area contributed by atoms with Gasteiger partial charge in [0, 0.05) is 4.90 Å². The van der Waals surface area contributed by atoms with Crippen LogP contribution in [0.25, 0.3) is 0 Å². The maximum absolute atomic E-state index is 13.0. The summed E-state index contributed by atoms with van der Waals surface area (Å²) in [6.45, 7) is 0. The van der Waals surface area contributed by atoms with Gasteiger partial charge in [-0.1, -0.05) is 18.2 Å². The first-order chi connectivity index (χ1) is 9.56. The van der Waals surface area contributed by atoms with Crippen molar-refractivity contribution < 1.29 is 13.4 Å². The number of hydrogen-bond acceptors (Lipinski definition) is 3. The molecule has 0 aliphatic carbocycles. The standard InChI is InChI=1S/C14H13FN2O2S/c15-10-4-3-5-11(8-10)20(19)9-14(18)17-13-7-2-1-6-12(13)16/h1-8H,9,16H2,(H,17,18). The lowest BCUT2D eigenvalue weighted by molar-refractivity contribution is -0.113. The van der Waals surface area contributed by atoms with E-state index in [-0.39, 0.29) is 10.6 Å². The average Bonchev–Trinajstić information content (AvgIpc) is 2.41. The summed E-state index contributed by atoms with van der Waals surface area (Å²) >= 11 is 0. The predicted octanol–water partition coefficient (Wildman–Crippen LogP) is 2.15. The van der Waals surface area contributed by atoms with Gasteiger partial charge in [-0.05, 0) is 30.3 Å². The molecule has 20 heavy (non-hydrogen) atoms. The van der Waals surface area contributed by atoms with Crippen LogP contribution in [0.5, 0.6) is 0 Å². The Labute approximate surface area is 118 Å². The number of halogens is 1.